The van der Waals surface area contributed by atoms with Crippen LogP contribution in [0.25, 0.3) is 22.2 Å². The first-order valence-electron chi connectivity index (χ1n) is 12.6. The fourth-order valence-electron chi connectivity index (χ4n) is 4.93. The summed E-state index contributed by atoms with van der Waals surface area (Å²) in [4.78, 5) is 21.5. The highest BCUT2D eigenvalue weighted by molar-refractivity contribution is 6.03. The molecule has 1 aliphatic heterocycles. The van der Waals surface area contributed by atoms with Crippen LogP contribution in [0.4, 0.5) is 11.6 Å². The van der Waals surface area contributed by atoms with Gasteiger partial charge in [0.2, 0.25) is 5.95 Å². The van der Waals surface area contributed by atoms with Crippen molar-refractivity contribution in [3.63, 3.8) is 0 Å². The molecule has 6 rings (SSSR count). The van der Waals surface area contributed by atoms with Gasteiger partial charge in [0.05, 0.1) is 40.6 Å². The van der Waals surface area contributed by atoms with Crippen LogP contribution in [0, 0.1) is 17.0 Å². The van der Waals surface area contributed by atoms with Crippen LogP contribution in [0.3, 0.4) is 0 Å². The van der Waals surface area contributed by atoms with Crippen molar-refractivity contribution in [2.75, 3.05) is 12.1 Å². The summed E-state index contributed by atoms with van der Waals surface area (Å²) in [7, 11) is 1.62. The summed E-state index contributed by atoms with van der Waals surface area (Å²) in [6.45, 7) is 2.05. The molecule has 0 amide bonds. The van der Waals surface area contributed by atoms with Gasteiger partial charge in [0, 0.05) is 23.4 Å². The van der Waals surface area contributed by atoms with Crippen molar-refractivity contribution in [3.8, 4) is 17.0 Å². The van der Waals surface area contributed by atoms with Crippen molar-refractivity contribution in [3.05, 3.63) is 124 Å². The molecule has 0 radical (unpaired) electrons. The Hall–Kier alpha value is -5.11. The number of hydrogen-bond donors (Lipinski definition) is 0. The third-order valence-corrected chi connectivity index (χ3v) is 6.95. The summed E-state index contributed by atoms with van der Waals surface area (Å²) in [5, 5.41) is 19.6. The molecule has 1 aromatic heterocycles. The largest absolute Gasteiger partial charge is 0.497 e. The van der Waals surface area contributed by atoms with Gasteiger partial charge in [0.15, 0.2) is 0 Å². The first kappa shape index (κ1) is 24.2. The summed E-state index contributed by atoms with van der Waals surface area (Å²) in [5.41, 5.74) is 5.96. The number of nitro groups is 1. The van der Waals surface area contributed by atoms with E-state index in [-0.39, 0.29) is 10.6 Å². The Labute approximate surface area is 225 Å². The number of methoxy groups -OCH3 is 1. The molecule has 0 N–H and O–H groups in total. The standard InChI is InChI=1S/C31H25N5O3/c1-20-11-13-22(14-12-20)30-24-7-3-5-9-26(24)32-31(33-30)35-29(25-8-4-6-10-28(25)36(37)38)19-27(34-35)21-15-17-23(39-2)18-16-21/h3-18,29H,19H2,1-2H3. The van der Waals surface area contributed by atoms with Gasteiger partial charge in [0.1, 0.15) is 5.75 Å². The number of nitro benzene ring substituents is 1. The van der Waals surface area contributed by atoms with E-state index >= 15 is 0 Å². The Balaban J connectivity index is 1.54. The van der Waals surface area contributed by atoms with Crippen molar-refractivity contribution in [2.24, 2.45) is 5.10 Å². The van der Waals surface area contributed by atoms with E-state index in [9.17, 15) is 10.1 Å². The molecule has 0 spiro atoms. The second kappa shape index (κ2) is 9.98. The van der Waals surface area contributed by atoms with Gasteiger partial charge < -0.3 is 4.74 Å². The number of anilines is 1. The van der Waals surface area contributed by atoms with E-state index in [4.69, 9.17) is 19.8 Å². The maximum atomic E-state index is 12.0. The van der Waals surface area contributed by atoms with Crippen LogP contribution < -0.4 is 9.75 Å². The van der Waals surface area contributed by atoms with Crippen molar-refractivity contribution >= 4 is 28.3 Å². The Bertz CT molecular complexity index is 1720. The van der Waals surface area contributed by atoms with Gasteiger partial charge >= 0.3 is 0 Å². The predicted molar refractivity (Wildman–Crippen MR) is 152 cm³/mol. The number of fused-ring (bicyclic) bond motifs is 1. The number of hydrogen-bond acceptors (Lipinski definition) is 7. The summed E-state index contributed by atoms with van der Waals surface area (Å²) >= 11 is 0. The van der Waals surface area contributed by atoms with Crippen molar-refractivity contribution in [2.45, 2.75) is 19.4 Å². The van der Waals surface area contributed by atoms with Crippen LogP contribution in [-0.2, 0) is 0 Å². The number of aromatic nitrogens is 2. The van der Waals surface area contributed by atoms with E-state index in [1.54, 1.807) is 24.3 Å². The molecular weight excluding hydrogens is 490 g/mol. The molecule has 0 fully saturated rings. The average molecular weight is 516 g/mol. The van der Waals surface area contributed by atoms with Crippen molar-refractivity contribution in [1.82, 2.24) is 9.97 Å². The maximum Gasteiger partial charge on any atom is 0.274 e. The molecule has 0 bridgehead atoms. The molecule has 8 nitrogen and oxygen atoms in total. The minimum absolute atomic E-state index is 0.0400. The van der Waals surface area contributed by atoms with Crippen LogP contribution in [0.2, 0.25) is 0 Å². The van der Waals surface area contributed by atoms with E-state index in [0.717, 1.165) is 44.7 Å². The lowest BCUT2D eigenvalue weighted by Crippen LogP contribution is -2.22. The maximum absolute atomic E-state index is 12.0. The molecule has 192 valence electrons. The number of nitrogens with zero attached hydrogens (tertiary/aromatic N) is 5. The highest BCUT2D eigenvalue weighted by Crippen LogP contribution is 2.40. The zero-order chi connectivity index (χ0) is 26.9. The molecule has 39 heavy (non-hydrogen) atoms. The Kier molecular flexibility index (Phi) is 6.20. The zero-order valence-corrected chi connectivity index (χ0v) is 21.5. The molecule has 4 aromatic carbocycles. The lowest BCUT2D eigenvalue weighted by molar-refractivity contribution is -0.385. The number of hydrazone groups is 1. The van der Waals surface area contributed by atoms with Gasteiger partial charge in [0.25, 0.3) is 5.69 Å². The molecule has 0 saturated heterocycles. The Morgan fingerprint density at radius 2 is 1.56 bits per heavy atom. The highest BCUT2D eigenvalue weighted by Gasteiger charge is 2.36. The number of benzene rings is 4. The van der Waals surface area contributed by atoms with Gasteiger partial charge in [-0.1, -0.05) is 60.2 Å². The molecule has 0 saturated carbocycles. The normalized spacial score (nSPS) is 14.9. The minimum Gasteiger partial charge on any atom is -0.497 e. The monoisotopic (exact) mass is 515 g/mol. The number of aryl methyl sites for hydroxylation is 1. The third kappa shape index (κ3) is 4.57. The van der Waals surface area contributed by atoms with Gasteiger partial charge in [-0.15, -0.1) is 0 Å². The van der Waals surface area contributed by atoms with Crippen LogP contribution >= 0.6 is 0 Å². The van der Waals surface area contributed by atoms with E-state index in [2.05, 4.69) is 12.1 Å². The minimum atomic E-state index is -0.462. The molecule has 8 heteroatoms. The van der Waals surface area contributed by atoms with Gasteiger partial charge in [-0.3, -0.25) is 10.1 Å². The van der Waals surface area contributed by atoms with E-state index in [0.29, 0.717) is 17.9 Å². The summed E-state index contributed by atoms with van der Waals surface area (Å²) in [5.74, 6) is 1.13. The second-order valence-corrected chi connectivity index (χ2v) is 9.41. The smallest absolute Gasteiger partial charge is 0.274 e. The first-order valence-corrected chi connectivity index (χ1v) is 12.6. The summed E-state index contributed by atoms with van der Waals surface area (Å²) < 4.78 is 5.31. The highest BCUT2D eigenvalue weighted by atomic mass is 16.6. The fourth-order valence-corrected chi connectivity index (χ4v) is 4.93. The van der Waals surface area contributed by atoms with E-state index in [1.807, 2.05) is 73.7 Å². The van der Waals surface area contributed by atoms with E-state index < -0.39 is 6.04 Å². The number of para-hydroxylation sites is 2. The lowest BCUT2D eigenvalue weighted by atomic mass is 9.97. The second-order valence-electron chi connectivity index (χ2n) is 9.41. The van der Waals surface area contributed by atoms with Gasteiger partial charge in [-0.25, -0.2) is 15.0 Å². The van der Waals surface area contributed by atoms with E-state index in [1.165, 1.54) is 6.07 Å². The summed E-state index contributed by atoms with van der Waals surface area (Å²) in [6.07, 6.45) is 0.452. The topological polar surface area (TPSA) is 93.8 Å². The molecule has 1 aliphatic rings. The molecule has 1 unspecified atom stereocenters. The lowest BCUT2D eigenvalue weighted by Gasteiger charge is -2.23. The van der Waals surface area contributed by atoms with Crippen LogP contribution in [0.1, 0.15) is 29.2 Å². The van der Waals surface area contributed by atoms with Crippen LogP contribution in [0.5, 0.6) is 5.75 Å². The summed E-state index contributed by atoms with van der Waals surface area (Å²) in [6, 6.07) is 30.0. The Morgan fingerprint density at radius 1 is 0.872 bits per heavy atom. The fraction of sp³-hybridized carbons (Fsp3) is 0.129. The zero-order valence-electron chi connectivity index (χ0n) is 21.5. The number of rotatable bonds is 6. The van der Waals surface area contributed by atoms with Crippen molar-refractivity contribution < 1.29 is 9.66 Å². The molecule has 0 aliphatic carbocycles. The predicted octanol–water partition coefficient (Wildman–Crippen LogP) is 6.88. The van der Waals surface area contributed by atoms with Crippen LogP contribution in [0.15, 0.2) is 102 Å². The van der Waals surface area contributed by atoms with Crippen molar-refractivity contribution in [1.29, 1.82) is 0 Å². The number of ether oxygens (including phenoxy) is 1. The van der Waals surface area contributed by atoms with Crippen LogP contribution in [-0.4, -0.2) is 27.7 Å². The Morgan fingerprint density at radius 3 is 2.31 bits per heavy atom. The third-order valence-electron chi connectivity index (χ3n) is 6.95. The molecule has 1 atom stereocenters. The first-order chi connectivity index (χ1) is 19.0. The molecular formula is C31H25N5O3. The molecule has 2 heterocycles. The average Bonchev–Trinajstić information content (AvgIpc) is 3.42. The molecule has 5 aromatic rings. The van der Waals surface area contributed by atoms with Gasteiger partial charge in [-0.05, 0) is 48.9 Å². The van der Waals surface area contributed by atoms with Gasteiger partial charge in [-0.2, -0.15) is 5.10 Å². The SMILES string of the molecule is COc1ccc(C2=NN(c3nc(-c4ccc(C)cc4)c4ccccc4n3)C(c3ccccc3[N+](=O)[O-])C2)cc1. The quantitative estimate of drug-likeness (QED) is 0.181.